The van der Waals surface area contributed by atoms with Crippen LogP contribution in [0.2, 0.25) is 0 Å². The normalized spacial score (nSPS) is 11.6. The van der Waals surface area contributed by atoms with E-state index < -0.39 is 0 Å². The number of carbonyl (C=O) groups excluding carboxylic acids is 2. The van der Waals surface area contributed by atoms with Crippen molar-refractivity contribution >= 4 is 17.5 Å². The van der Waals surface area contributed by atoms with Crippen molar-refractivity contribution in [3.05, 3.63) is 120 Å². The summed E-state index contributed by atoms with van der Waals surface area (Å²) >= 11 is 0. The smallest absolute Gasteiger partial charge is 0.254 e. The Morgan fingerprint density at radius 2 is 1.71 bits per heavy atom. The third-order valence-corrected chi connectivity index (χ3v) is 5.72. The highest BCUT2D eigenvalue weighted by molar-refractivity contribution is 5.94. The monoisotopic (exact) mass is 452 g/mol. The van der Waals surface area contributed by atoms with Gasteiger partial charge in [-0.1, -0.05) is 54.6 Å². The lowest BCUT2D eigenvalue weighted by molar-refractivity contribution is -0.114. The Balaban J connectivity index is 1.60. The molecule has 0 spiro atoms. The van der Waals surface area contributed by atoms with Crippen LogP contribution in [0.4, 0.5) is 5.69 Å². The van der Waals surface area contributed by atoms with Gasteiger partial charge in [0.2, 0.25) is 5.91 Å². The van der Waals surface area contributed by atoms with Crippen LogP contribution in [0.25, 0.3) is 0 Å². The molecule has 6 heteroatoms. The number of nitrogens with one attached hydrogen (secondary N) is 1. The Labute approximate surface area is 199 Å². The summed E-state index contributed by atoms with van der Waals surface area (Å²) < 4.78 is 1.85. The first-order valence-electron chi connectivity index (χ1n) is 11.3. The summed E-state index contributed by atoms with van der Waals surface area (Å²) in [4.78, 5) is 27.1. The zero-order valence-electron chi connectivity index (χ0n) is 19.4. The number of amides is 2. The minimum absolute atomic E-state index is 0.0491. The highest BCUT2D eigenvalue weighted by Crippen LogP contribution is 2.27. The van der Waals surface area contributed by atoms with Gasteiger partial charge in [-0.3, -0.25) is 14.3 Å². The van der Waals surface area contributed by atoms with E-state index >= 15 is 0 Å². The van der Waals surface area contributed by atoms with Crippen molar-refractivity contribution in [1.82, 2.24) is 14.7 Å². The summed E-state index contributed by atoms with van der Waals surface area (Å²) in [5.74, 6) is -0.177. The quantitative estimate of drug-likeness (QED) is 0.395. The van der Waals surface area contributed by atoms with Crippen LogP contribution in [0, 0.1) is 0 Å². The summed E-state index contributed by atoms with van der Waals surface area (Å²) in [5, 5.41) is 7.07. The predicted molar refractivity (Wildman–Crippen MR) is 133 cm³/mol. The van der Waals surface area contributed by atoms with Gasteiger partial charge in [0.15, 0.2) is 0 Å². The van der Waals surface area contributed by atoms with Crippen molar-refractivity contribution in [2.24, 2.45) is 0 Å². The van der Waals surface area contributed by atoms with E-state index in [1.165, 1.54) is 6.92 Å². The fourth-order valence-corrected chi connectivity index (χ4v) is 3.92. The molecule has 172 valence electrons. The first-order chi connectivity index (χ1) is 16.5. The Bertz CT molecular complexity index is 1240. The maximum atomic E-state index is 13.7. The molecule has 0 saturated heterocycles. The van der Waals surface area contributed by atoms with E-state index in [-0.39, 0.29) is 17.9 Å². The Hall–Kier alpha value is -4.19. The molecule has 2 amide bonds. The van der Waals surface area contributed by atoms with Gasteiger partial charge in [0.05, 0.1) is 12.6 Å². The molecule has 1 N–H and O–H groups in total. The average molecular weight is 453 g/mol. The number of hydrogen-bond donors (Lipinski definition) is 1. The molecule has 0 aliphatic heterocycles. The lowest BCUT2D eigenvalue weighted by atomic mass is 10.0. The van der Waals surface area contributed by atoms with Crippen molar-refractivity contribution in [2.45, 2.75) is 33.0 Å². The van der Waals surface area contributed by atoms with E-state index in [0.29, 0.717) is 24.3 Å². The molecule has 1 unspecified atom stereocenters. The second-order valence-electron chi connectivity index (χ2n) is 8.30. The zero-order valence-corrected chi connectivity index (χ0v) is 19.4. The molecule has 0 aliphatic rings. The number of carbonyl (C=O) groups is 2. The summed E-state index contributed by atoms with van der Waals surface area (Å²) in [6.07, 6.45) is 3.67. The molecule has 0 fully saturated rings. The maximum absolute atomic E-state index is 13.7. The van der Waals surface area contributed by atoms with E-state index in [1.54, 1.807) is 6.20 Å². The van der Waals surface area contributed by atoms with Crippen LogP contribution in [0.5, 0.6) is 0 Å². The zero-order chi connectivity index (χ0) is 23.9. The molecule has 0 bridgehead atoms. The Kier molecular flexibility index (Phi) is 7.18. The predicted octanol–water partition coefficient (Wildman–Crippen LogP) is 5.29. The summed E-state index contributed by atoms with van der Waals surface area (Å²) in [6.45, 7) is 4.62. The van der Waals surface area contributed by atoms with Gasteiger partial charge >= 0.3 is 0 Å². The molecule has 34 heavy (non-hydrogen) atoms. The van der Waals surface area contributed by atoms with Crippen LogP contribution in [0.1, 0.15) is 46.9 Å². The SMILES string of the molecule is CC(=O)Nc1cccc(C(C)N(Cc2ccccc2)C(=O)c2ccc(Cn3cccn3)cc2)c1. The number of anilines is 1. The lowest BCUT2D eigenvalue weighted by Gasteiger charge is -2.30. The second-order valence-corrected chi connectivity index (χ2v) is 8.30. The number of rotatable bonds is 8. The van der Waals surface area contributed by atoms with Crippen molar-refractivity contribution in [1.29, 1.82) is 0 Å². The fourth-order valence-electron chi connectivity index (χ4n) is 3.92. The van der Waals surface area contributed by atoms with E-state index in [0.717, 1.165) is 16.7 Å². The van der Waals surface area contributed by atoms with Crippen LogP contribution in [-0.4, -0.2) is 26.5 Å². The standard InChI is InChI=1S/C28H28N4O2/c1-21(26-10-6-11-27(18-26)30-22(2)33)32(20-23-8-4-3-5-9-23)28(34)25-14-12-24(13-15-25)19-31-17-7-16-29-31/h3-18,21H,19-20H2,1-2H3,(H,30,33). The minimum atomic E-state index is -0.204. The molecule has 1 atom stereocenters. The summed E-state index contributed by atoms with van der Waals surface area (Å²) in [7, 11) is 0. The topological polar surface area (TPSA) is 67.2 Å². The maximum Gasteiger partial charge on any atom is 0.254 e. The van der Waals surface area contributed by atoms with Gasteiger partial charge in [0.1, 0.15) is 0 Å². The van der Waals surface area contributed by atoms with Crippen LogP contribution >= 0.6 is 0 Å². The largest absolute Gasteiger partial charge is 0.328 e. The average Bonchev–Trinajstić information content (AvgIpc) is 3.36. The highest BCUT2D eigenvalue weighted by atomic mass is 16.2. The van der Waals surface area contributed by atoms with Crippen LogP contribution in [0.3, 0.4) is 0 Å². The van der Waals surface area contributed by atoms with Crippen LogP contribution in [0.15, 0.2) is 97.3 Å². The van der Waals surface area contributed by atoms with Gasteiger partial charge in [0, 0.05) is 37.1 Å². The Morgan fingerprint density at radius 1 is 0.941 bits per heavy atom. The highest BCUT2D eigenvalue weighted by Gasteiger charge is 2.23. The van der Waals surface area contributed by atoms with Crippen molar-refractivity contribution < 1.29 is 9.59 Å². The van der Waals surface area contributed by atoms with Gasteiger partial charge in [-0.15, -0.1) is 0 Å². The van der Waals surface area contributed by atoms with Crippen LogP contribution in [-0.2, 0) is 17.9 Å². The molecular formula is C28H28N4O2. The third kappa shape index (κ3) is 5.78. The van der Waals surface area contributed by atoms with E-state index in [1.807, 2.05) is 108 Å². The fraction of sp³-hybridized carbons (Fsp3) is 0.179. The van der Waals surface area contributed by atoms with E-state index in [4.69, 9.17) is 0 Å². The van der Waals surface area contributed by atoms with Crippen molar-refractivity contribution in [3.63, 3.8) is 0 Å². The van der Waals surface area contributed by atoms with Gasteiger partial charge in [-0.05, 0) is 53.9 Å². The molecule has 0 saturated carbocycles. The summed E-state index contributed by atoms with van der Waals surface area (Å²) in [6, 6.07) is 27.0. The number of aromatic nitrogens is 2. The molecule has 4 aromatic rings. The third-order valence-electron chi connectivity index (χ3n) is 5.72. The van der Waals surface area contributed by atoms with Crippen molar-refractivity contribution in [2.75, 3.05) is 5.32 Å². The number of nitrogens with zero attached hydrogens (tertiary/aromatic N) is 3. The lowest BCUT2D eigenvalue weighted by Crippen LogP contribution is -2.33. The molecule has 4 rings (SSSR count). The second kappa shape index (κ2) is 10.6. The molecule has 0 radical (unpaired) electrons. The van der Waals surface area contributed by atoms with Crippen LogP contribution < -0.4 is 5.32 Å². The summed E-state index contributed by atoms with van der Waals surface area (Å²) in [5.41, 5.74) is 4.42. The first kappa shape index (κ1) is 23.0. The van der Waals surface area contributed by atoms with Gasteiger partial charge in [0.25, 0.3) is 5.91 Å². The van der Waals surface area contributed by atoms with Gasteiger partial charge in [-0.2, -0.15) is 5.10 Å². The molecule has 1 heterocycles. The molecule has 0 aliphatic carbocycles. The molecule has 1 aromatic heterocycles. The van der Waals surface area contributed by atoms with Gasteiger partial charge < -0.3 is 10.2 Å². The first-order valence-corrected chi connectivity index (χ1v) is 11.3. The molecule has 6 nitrogen and oxygen atoms in total. The number of hydrogen-bond acceptors (Lipinski definition) is 3. The van der Waals surface area contributed by atoms with Crippen molar-refractivity contribution in [3.8, 4) is 0 Å². The minimum Gasteiger partial charge on any atom is -0.328 e. The molecular weight excluding hydrogens is 424 g/mol. The molecule has 3 aromatic carbocycles. The Morgan fingerprint density at radius 3 is 2.38 bits per heavy atom. The van der Waals surface area contributed by atoms with E-state index in [2.05, 4.69) is 10.4 Å². The van der Waals surface area contributed by atoms with E-state index in [9.17, 15) is 9.59 Å². The van der Waals surface area contributed by atoms with Gasteiger partial charge in [-0.25, -0.2) is 0 Å². The number of benzene rings is 3.